The molecule has 1 fully saturated rings. The highest BCUT2D eigenvalue weighted by atomic mass is 127. The summed E-state index contributed by atoms with van der Waals surface area (Å²) in [5.74, 6) is -0.363. The van der Waals surface area contributed by atoms with Gasteiger partial charge in [0.05, 0.1) is 19.8 Å². The number of halogens is 3. The van der Waals surface area contributed by atoms with Gasteiger partial charge in [-0.2, -0.15) is 0 Å². The standard InChI is InChI=1S/C19H30F2N4O.HI/c1-4-22-18(23-8-7-15-5-6-16(20)13-17(15)21)24-14-19(2,3)25-9-11-26-12-10-25;/h5-6,13H,4,7-12,14H2,1-3H3,(H2,22,23,24);1H. The second kappa shape index (κ2) is 11.8. The highest BCUT2D eigenvalue weighted by Gasteiger charge is 2.28. The molecule has 8 heteroatoms. The Bertz CT molecular complexity index is 607. The zero-order valence-corrected chi connectivity index (χ0v) is 18.7. The van der Waals surface area contributed by atoms with E-state index >= 15 is 0 Å². The zero-order chi connectivity index (χ0) is 19.0. The van der Waals surface area contributed by atoms with Crippen LogP contribution in [0.3, 0.4) is 0 Å². The summed E-state index contributed by atoms with van der Waals surface area (Å²) in [7, 11) is 0. The molecule has 0 bridgehead atoms. The van der Waals surface area contributed by atoms with E-state index in [-0.39, 0.29) is 29.5 Å². The summed E-state index contributed by atoms with van der Waals surface area (Å²) in [4.78, 5) is 7.07. The van der Waals surface area contributed by atoms with Gasteiger partial charge in [-0.3, -0.25) is 9.89 Å². The number of morpholine rings is 1. The summed E-state index contributed by atoms with van der Waals surface area (Å²) in [5, 5.41) is 6.43. The minimum absolute atomic E-state index is 0. The van der Waals surface area contributed by atoms with E-state index in [0.717, 1.165) is 38.9 Å². The van der Waals surface area contributed by atoms with Crippen molar-refractivity contribution in [2.75, 3.05) is 45.9 Å². The average molecular weight is 496 g/mol. The second-order valence-electron chi connectivity index (χ2n) is 7.02. The van der Waals surface area contributed by atoms with Crippen molar-refractivity contribution in [1.29, 1.82) is 0 Å². The lowest BCUT2D eigenvalue weighted by atomic mass is 10.0. The van der Waals surface area contributed by atoms with Gasteiger partial charge in [-0.1, -0.05) is 6.07 Å². The molecule has 0 aliphatic carbocycles. The lowest BCUT2D eigenvalue weighted by molar-refractivity contribution is -0.00683. The van der Waals surface area contributed by atoms with Crippen LogP contribution >= 0.6 is 24.0 Å². The minimum Gasteiger partial charge on any atom is -0.379 e. The summed E-state index contributed by atoms with van der Waals surface area (Å²) in [6, 6.07) is 3.68. The first-order valence-electron chi connectivity index (χ1n) is 9.21. The molecule has 1 saturated heterocycles. The summed E-state index contributed by atoms with van der Waals surface area (Å²) in [6.07, 6.45) is 0.462. The molecule has 0 saturated carbocycles. The highest BCUT2D eigenvalue weighted by Crippen LogP contribution is 2.16. The van der Waals surface area contributed by atoms with E-state index < -0.39 is 11.6 Å². The number of ether oxygens (including phenoxy) is 1. The monoisotopic (exact) mass is 496 g/mol. The van der Waals surface area contributed by atoms with Crippen LogP contribution in [0.2, 0.25) is 0 Å². The molecule has 1 aromatic rings. The van der Waals surface area contributed by atoms with Crippen LogP contribution < -0.4 is 10.6 Å². The topological polar surface area (TPSA) is 48.9 Å². The molecule has 0 aromatic heterocycles. The second-order valence-corrected chi connectivity index (χ2v) is 7.02. The van der Waals surface area contributed by atoms with Crippen molar-refractivity contribution in [1.82, 2.24) is 15.5 Å². The molecule has 0 unspecified atom stereocenters. The van der Waals surface area contributed by atoms with Gasteiger partial charge < -0.3 is 15.4 Å². The third-order valence-electron chi connectivity index (χ3n) is 4.54. The van der Waals surface area contributed by atoms with Crippen LogP contribution in [0.1, 0.15) is 26.3 Å². The van der Waals surface area contributed by atoms with Gasteiger partial charge in [0.2, 0.25) is 0 Å². The van der Waals surface area contributed by atoms with Gasteiger partial charge in [-0.15, -0.1) is 24.0 Å². The maximum absolute atomic E-state index is 13.7. The quantitative estimate of drug-likeness (QED) is 0.347. The normalized spacial score (nSPS) is 16.0. The first-order valence-corrected chi connectivity index (χ1v) is 9.21. The van der Waals surface area contributed by atoms with Gasteiger partial charge in [-0.25, -0.2) is 8.78 Å². The molecule has 27 heavy (non-hydrogen) atoms. The molecule has 5 nitrogen and oxygen atoms in total. The Kier molecular flexibility index (Phi) is 10.5. The fraction of sp³-hybridized carbons (Fsp3) is 0.632. The Hall–Kier alpha value is -1.00. The number of nitrogens with one attached hydrogen (secondary N) is 2. The Morgan fingerprint density at radius 1 is 1.22 bits per heavy atom. The highest BCUT2D eigenvalue weighted by molar-refractivity contribution is 14.0. The SMILES string of the molecule is CCNC(=NCC(C)(C)N1CCOCC1)NCCc1ccc(F)cc1F.I. The number of benzene rings is 1. The van der Waals surface area contributed by atoms with Crippen molar-refractivity contribution in [3.05, 3.63) is 35.4 Å². The Labute approximate surface area is 178 Å². The zero-order valence-electron chi connectivity index (χ0n) is 16.4. The maximum atomic E-state index is 13.7. The van der Waals surface area contributed by atoms with Crippen molar-refractivity contribution in [2.24, 2.45) is 4.99 Å². The number of aliphatic imine (C=N–C) groups is 1. The van der Waals surface area contributed by atoms with Gasteiger partial charge in [-0.05, 0) is 38.8 Å². The molecule has 0 amide bonds. The van der Waals surface area contributed by atoms with Gasteiger partial charge in [0.15, 0.2) is 5.96 Å². The van der Waals surface area contributed by atoms with Crippen molar-refractivity contribution in [3.63, 3.8) is 0 Å². The first kappa shape index (κ1) is 24.0. The number of guanidine groups is 1. The predicted octanol–water partition coefficient (Wildman–Crippen LogP) is 2.79. The molecule has 1 heterocycles. The van der Waals surface area contributed by atoms with Crippen molar-refractivity contribution in [3.8, 4) is 0 Å². The van der Waals surface area contributed by atoms with Gasteiger partial charge in [0.1, 0.15) is 11.6 Å². The molecular weight excluding hydrogens is 465 g/mol. The van der Waals surface area contributed by atoms with Crippen molar-refractivity contribution >= 4 is 29.9 Å². The molecule has 1 aliphatic rings. The van der Waals surface area contributed by atoms with E-state index in [1.54, 1.807) is 0 Å². The summed E-state index contributed by atoms with van der Waals surface area (Å²) >= 11 is 0. The fourth-order valence-electron chi connectivity index (χ4n) is 2.92. The Morgan fingerprint density at radius 3 is 2.56 bits per heavy atom. The fourth-order valence-corrected chi connectivity index (χ4v) is 2.92. The molecule has 0 radical (unpaired) electrons. The number of hydrogen-bond acceptors (Lipinski definition) is 3. The lowest BCUT2D eigenvalue weighted by Gasteiger charge is -2.39. The van der Waals surface area contributed by atoms with E-state index in [0.29, 0.717) is 31.0 Å². The number of hydrogen-bond donors (Lipinski definition) is 2. The van der Waals surface area contributed by atoms with Crippen LogP contribution in [0, 0.1) is 11.6 Å². The smallest absolute Gasteiger partial charge is 0.191 e. The van der Waals surface area contributed by atoms with E-state index in [1.165, 1.54) is 12.1 Å². The molecular formula is C19H31F2IN4O. The summed E-state index contributed by atoms with van der Waals surface area (Å²) in [6.45, 7) is 11.6. The van der Waals surface area contributed by atoms with E-state index in [4.69, 9.17) is 4.74 Å². The van der Waals surface area contributed by atoms with Crippen LogP contribution in [0.5, 0.6) is 0 Å². The van der Waals surface area contributed by atoms with Crippen LogP contribution in [-0.2, 0) is 11.2 Å². The molecule has 2 N–H and O–H groups in total. The largest absolute Gasteiger partial charge is 0.379 e. The Morgan fingerprint density at radius 2 is 1.93 bits per heavy atom. The predicted molar refractivity (Wildman–Crippen MR) is 116 cm³/mol. The summed E-state index contributed by atoms with van der Waals surface area (Å²) in [5.41, 5.74) is 0.429. The minimum atomic E-state index is -0.556. The first-order chi connectivity index (χ1) is 12.4. The van der Waals surface area contributed by atoms with E-state index in [9.17, 15) is 8.78 Å². The molecule has 154 valence electrons. The molecule has 2 rings (SSSR count). The third kappa shape index (κ3) is 7.87. The van der Waals surface area contributed by atoms with E-state index in [2.05, 4.69) is 34.4 Å². The number of rotatable bonds is 7. The van der Waals surface area contributed by atoms with Crippen LogP contribution in [-0.4, -0.2) is 62.3 Å². The summed E-state index contributed by atoms with van der Waals surface area (Å²) < 4.78 is 32.1. The average Bonchev–Trinajstić information content (AvgIpc) is 2.62. The van der Waals surface area contributed by atoms with Gasteiger partial charge in [0.25, 0.3) is 0 Å². The lowest BCUT2D eigenvalue weighted by Crippen LogP contribution is -2.52. The van der Waals surface area contributed by atoms with Gasteiger partial charge in [0, 0.05) is 37.8 Å². The van der Waals surface area contributed by atoms with Crippen LogP contribution in [0.25, 0.3) is 0 Å². The molecule has 0 atom stereocenters. The van der Waals surface area contributed by atoms with Gasteiger partial charge >= 0.3 is 0 Å². The number of nitrogens with zero attached hydrogens (tertiary/aromatic N) is 2. The molecule has 0 spiro atoms. The third-order valence-corrected chi connectivity index (χ3v) is 4.54. The van der Waals surface area contributed by atoms with E-state index in [1.807, 2.05) is 6.92 Å². The molecule has 1 aliphatic heterocycles. The van der Waals surface area contributed by atoms with Crippen LogP contribution in [0.4, 0.5) is 8.78 Å². The molecule has 1 aromatic carbocycles. The van der Waals surface area contributed by atoms with Crippen molar-refractivity contribution < 1.29 is 13.5 Å². The van der Waals surface area contributed by atoms with Crippen molar-refractivity contribution in [2.45, 2.75) is 32.7 Å². The maximum Gasteiger partial charge on any atom is 0.191 e. The Balaban J connectivity index is 0.00000364. The van der Waals surface area contributed by atoms with Crippen LogP contribution in [0.15, 0.2) is 23.2 Å².